The maximum absolute atomic E-state index is 13.9. The first-order valence-corrected chi connectivity index (χ1v) is 8.13. The molecule has 0 aliphatic heterocycles. The Bertz CT molecular complexity index is 1060. The zero-order chi connectivity index (χ0) is 21.0. The topological polar surface area (TPSA) is 111 Å². The minimum atomic E-state index is -0.803. The highest BCUT2D eigenvalue weighted by Gasteiger charge is 2.25. The SMILES string of the molecule is COc1ccc(OC)c(Nc2ncnc(Nc3cc(F)ccc3F)c2[N+](=O)[O-])c1. The van der Waals surface area contributed by atoms with Crippen molar-refractivity contribution in [3.8, 4) is 11.5 Å². The molecule has 1 heterocycles. The van der Waals surface area contributed by atoms with Gasteiger partial charge in [0.15, 0.2) is 0 Å². The number of rotatable bonds is 7. The largest absolute Gasteiger partial charge is 0.497 e. The number of methoxy groups -OCH3 is 2. The predicted octanol–water partition coefficient (Wildman–Crippen LogP) is 4.17. The Balaban J connectivity index is 2.04. The fourth-order valence-corrected chi connectivity index (χ4v) is 2.49. The Kier molecular flexibility index (Phi) is 5.67. The van der Waals surface area contributed by atoms with Crippen LogP contribution in [0.3, 0.4) is 0 Å². The lowest BCUT2D eigenvalue weighted by Gasteiger charge is -2.13. The molecule has 11 heteroatoms. The van der Waals surface area contributed by atoms with Crippen LogP contribution in [0.4, 0.5) is 37.5 Å². The van der Waals surface area contributed by atoms with Gasteiger partial charge in [0.1, 0.15) is 29.5 Å². The predicted molar refractivity (Wildman–Crippen MR) is 101 cm³/mol. The number of nitrogens with one attached hydrogen (secondary N) is 2. The highest BCUT2D eigenvalue weighted by molar-refractivity contribution is 5.78. The van der Waals surface area contributed by atoms with Crippen molar-refractivity contribution in [1.82, 2.24) is 9.97 Å². The molecule has 2 aromatic carbocycles. The number of hydrogen-bond acceptors (Lipinski definition) is 8. The summed E-state index contributed by atoms with van der Waals surface area (Å²) in [6.45, 7) is 0. The second kappa shape index (κ2) is 8.33. The third-order valence-corrected chi connectivity index (χ3v) is 3.85. The highest BCUT2D eigenvalue weighted by Crippen LogP contribution is 2.37. The first-order chi connectivity index (χ1) is 13.9. The van der Waals surface area contributed by atoms with E-state index in [9.17, 15) is 18.9 Å². The van der Waals surface area contributed by atoms with Gasteiger partial charge in [0.25, 0.3) is 0 Å². The Labute approximate surface area is 163 Å². The van der Waals surface area contributed by atoms with Crippen molar-refractivity contribution in [2.75, 3.05) is 24.9 Å². The molecule has 0 atom stereocenters. The number of aromatic nitrogens is 2. The van der Waals surface area contributed by atoms with Crippen LogP contribution in [0.5, 0.6) is 11.5 Å². The molecule has 0 amide bonds. The third kappa shape index (κ3) is 4.29. The highest BCUT2D eigenvalue weighted by atomic mass is 19.1. The molecule has 9 nitrogen and oxygen atoms in total. The van der Waals surface area contributed by atoms with Gasteiger partial charge in [-0.15, -0.1) is 0 Å². The first-order valence-electron chi connectivity index (χ1n) is 8.13. The number of hydrogen-bond donors (Lipinski definition) is 2. The first kappa shape index (κ1) is 19.7. The molecule has 0 radical (unpaired) electrons. The van der Waals surface area contributed by atoms with Gasteiger partial charge < -0.3 is 20.1 Å². The van der Waals surface area contributed by atoms with Gasteiger partial charge in [-0.3, -0.25) is 10.1 Å². The van der Waals surface area contributed by atoms with E-state index in [2.05, 4.69) is 20.6 Å². The summed E-state index contributed by atoms with van der Waals surface area (Å²) in [4.78, 5) is 18.6. The average Bonchev–Trinajstić information content (AvgIpc) is 2.70. The molecular weight excluding hydrogens is 388 g/mol. The van der Waals surface area contributed by atoms with Crippen LogP contribution < -0.4 is 20.1 Å². The van der Waals surface area contributed by atoms with E-state index in [0.717, 1.165) is 24.5 Å². The molecule has 0 aliphatic rings. The van der Waals surface area contributed by atoms with Crippen molar-refractivity contribution in [2.24, 2.45) is 0 Å². The summed E-state index contributed by atoms with van der Waals surface area (Å²) in [6.07, 6.45) is 1.04. The molecule has 0 spiro atoms. The molecule has 29 heavy (non-hydrogen) atoms. The quantitative estimate of drug-likeness (QED) is 0.447. The van der Waals surface area contributed by atoms with Gasteiger partial charge in [-0.2, -0.15) is 0 Å². The molecule has 1 aromatic heterocycles. The zero-order valence-electron chi connectivity index (χ0n) is 15.3. The number of benzene rings is 2. The van der Waals surface area contributed by atoms with Crippen LogP contribution in [0.15, 0.2) is 42.7 Å². The van der Waals surface area contributed by atoms with Gasteiger partial charge in [-0.1, -0.05) is 0 Å². The van der Waals surface area contributed by atoms with Crippen molar-refractivity contribution in [3.63, 3.8) is 0 Å². The van der Waals surface area contributed by atoms with Crippen LogP contribution in [-0.2, 0) is 0 Å². The second-order valence-electron chi connectivity index (χ2n) is 5.62. The van der Waals surface area contributed by atoms with Gasteiger partial charge in [0, 0.05) is 12.1 Å². The minimum Gasteiger partial charge on any atom is -0.497 e. The van der Waals surface area contributed by atoms with Gasteiger partial charge in [0.05, 0.1) is 30.5 Å². The summed E-state index contributed by atoms with van der Waals surface area (Å²) in [5.41, 5.74) is -0.533. The Hall–Kier alpha value is -4.02. The maximum atomic E-state index is 13.9. The molecule has 3 rings (SSSR count). The minimum absolute atomic E-state index is 0.184. The summed E-state index contributed by atoms with van der Waals surface area (Å²) in [7, 11) is 2.90. The summed E-state index contributed by atoms with van der Waals surface area (Å²) in [5, 5.41) is 16.9. The van der Waals surface area contributed by atoms with Crippen LogP contribution >= 0.6 is 0 Å². The van der Waals surface area contributed by atoms with Crippen molar-refractivity contribution >= 4 is 28.7 Å². The zero-order valence-corrected chi connectivity index (χ0v) is 15.3. The summed E-state index contributed by atoms with van der Waals surface area (Å²) in [5.74, 6) is -1.17. The number of halogens is 2. The molecule has 150 valence electrons. The lowest BCUT2D eigenvalue weighted by molar-refractivity contribution is -0.383. The lowest BCUT2D eigenvalue weighted by Crippen LogP contribution is -2.07. The van der Waals surface area contributed by atoms with Crippen molar-refractivity contribution in [1.29, 1.82) is 0 Å². The van der Waals surface area contributed by atoms with Crippen molar-refractivity contribution < 1.29 is 23.2 Å². The van der Waals surface area contributed by atoms with Crippen LogP contribution in [-0.4, -0.2) is 29.1 Å². The van der Waals surface area contributed by atoms with Gasteiger partial charge in [-0.25, -0.2) is 18.7 Å². The van der Waals surface area contributed by atoms with E-state index in [0.29, 0.717) is 17.2 Å². The summed E-state index contributed by atoms with van der Waals surface area (Å²) >= 11 is 0. The lowest BCUT2D eigenvalue weighted by atomic mass is 10.2. The Morgan fingerprint density at radius 1 is 0.966 bits per heavy atom. The monoisotopic (exact) mass is 403 g/mol. The van der Waals surface area contributed by atoms with Crippen molar-refractivity contribution in [2.45, 2.75) is 0 Å². The van der Waals surface area contributed by atoms with E-state index in [1.165, 1.54) is 14.2 Å². The van der Waals surface area contributed by atoms with Crippen LogP contribution in [0.2, 0.25) is 0 Å². The molecule has 0 saturated heterocycles. The third-order valence-electron chi connectivity index (χ3n) is 3.85. The molecule has 2 N–H and O–H groups in total. The molecular formula is C18H15F2N5O4. The Morgan fingerprint density at radius 2 is 1.66 bits per heavy atom. The number of ether oxygens (including phenoxy) is 2. The van der Waals surface area contributed by atoms with Crippen molar-refractivity contribution in [3.05, 3.63) is 64.5 Å². The molecule has 0 saturated carbocycles. The second-order valence-corrected chi connectivity index (χ2v) is 5.62. The fourth-order valence-electron chi connectivity index (χ4n) is 2.49. The summed E-state index contributed by atoms with van der Waals surface area (Å²) < 4.78 is 37.7. The normalized spacial score (nSPS) is 10.3. The smallest absolute Gasteiger partial charge is 0.353 e. The van der Waals surface area contributed by atoms with Gasteiger partial charge in [0.2, 0.25) is 11.6 Å². The van der Waals surface area contributed by atoms with E-state index >= 15 is 0 Å². The number of nitro groups is 1. The molecule has 0 bridgehead atoms. The molecule has 0 fully saturated rings. The van der Waals surface area contributed by atoms with Crippen LogP contribution in [0.1, 0.15) is 0 Å². The number of nitrogens with zero attached hydrogens (tertiary/aromatic N) is 3. The summed E-state index contributed by atoms with van der Waals surface area (Å²) in [6, 6.07) is 7.50. The maximum Gasteiger partial charge on any atom is 0.353 e. The van der Waals surface area contributed by atoms with E-state index in [-0.39, 0.29) is 17.3 Å². The standard InChI is InChI=1S/C18H15F2N5O4/c1-28-11-4-6-15(29-2)14(8-11)24-18-16(25(26)27)17(21-9-22-18)23-13-7-10(19)3-5-12(13)20/h3-9H,1-2H3,(H2,21,22,23,24). The number of anilines is 4. The van der Waals surface area contributed by atoms with Gasteiger partial charge in [-0.05, 0) is 24.3 Å². The van der Waals surface area contributed by atoms with Crippen LogP contribution in [0.25, 0.3) is 0 Å². The van der Waals surface area contributed by atoms with Crippen LogP contribution in [0, 0.1) is 21.7 Å². The fraction of sp³-hybridized carbons (Fsp3) is 0.111. The molecule has 3 aromatic rings. The molecule has 0 unspecified atom stereocenters. The molecule has 0 aliphatic carbocycles. The average molecular weight is 403 g/mol. The van der Waals surface area contributed by atoms with E-state index < -0.39 is 22.2 Å². The van der Waals surface area contributed by atoms with E-state index in [4.69, 9.17) is 9.47 Å². The van der Waals surface area contributed by atoms with E-state index in [1.54, 1.807) is 18.2 Å². The Morgan fingerprint density at radius 3 is 2.28 bits per heavy atom. The van der Waals surface area contributed by atoms with E-state index in [1.807, 2.05) is 0 Å². The van der Waals surface area contributed by atoms with Gasteiger partial charge >= 0.3 is 5.69 Å².